The van der Waals surface area contributed by atoms with E-state index in [1.165, 1.54) is 16.7 Å². The fraction of sp³-hybridized carbons (Fsp3) is 0.348. The van der Waals surface area contributed by atoms with Gasteiger partial charge < -0.3 is 14.8 Å². The van der Waals surface area contributed by atoms with Gasteiger partial charge in [0, 0.05) is 17.7 Å². The number of aryl methyl sites for hydroxylation is 2. The minimum atomic E-state index is 0.719. The molecule has 0 unspecified atom stereocenters. The van der Waals surface area contributed by atoms with Gasteiger partial charge in [-0.3, -0.25) is 0 Å². The molecule has 1 aliphatic heterocycles. The van der Waals surface area contributed by atoms with E-state index in [4.69, 9.17) is 14.6 Å². The molecule has 0 saturated heterocycles. The van der Waals surface area contributed by atoms with Crippen LogP contribution in [0.4, 0.5) is 5.82 Å². The van der Waals surface area contributed by atoms with Gasteiger partial charge in [0.05, 0.1) is 25.6 Å². The van der Waals surface area contributed by atoms with Crippen molar-refractivity contribution < 1.29 is 9.47 Å². The predicted molar refractivity (Wildman–Crippen MR) is 113 cm³/mol. The molecule has 4 rings (SSSR count). The number of fused-ring (bicyclic) bond motifs is 1. The quantitative estimate of drug-likeness (QED) is 0.701. The van der Waals surface area contributed by atoms with Gasteiger partial charge in [0.1, 0.15) is 5.82 Å². The highest BCUT2D eigenvalue weighted by Crippen LogP contribution is 2.37. The van der Waals surface area contributed by atoms with E-state index in [0.717, 1.165) is 60.1 Å². The first-order valence-corrected chi connectivity index (χ1v) is 9.78. The summed E-state index contributed by atoms with van der Waals surface area (Å²) in [4.78, 5) is 0. The van der Waals surface area contributed by atoms with E-state index in [-0.39, 0.29) is 0 Å². The molecule has 0 spiro atoms. The molecule has 3 aromatic rings. The number of hydrogen-bond acceptors (Lipinski definition) is 4. The minimum absolute atomic E-state index is 0.719. The van der Waals surface area contributed by atoms with Crippen molar-refractivity contribution >= 4 is 5.82 Å². The molecule has 1 N–H and O–H groups in total. The van der Waals surface area contributed by atoms with Crippen LogP contribution in [-0.2, 0) is 6.42 Å². The number of methoxy groups -OCH3 is 2. The summed E-state index contributed by atoms with van der Waals surface area (Å²) in [7, 11) is 3.32. The fourth-order valence-corrected chi connectivity index (χ4v) is 3.76. The summed E-state index contributed by atoms with van der Waals surface area (Å²) in [6.07, 6.45) is 3.32. The molecule has 0 bridgehead atoms. The average molecular weight is 377 g/mol. The lowest BCUT2D eigenvalue weighted by Gasteiger charge is -2.10. The van der Waals surface area contributed by atoms with Gasteiger partial charge in [0.15, 0.2) is 11.5 Å². The van der Waals surface area contributed by atoms with Crippen LogP contribution in [0.15, 0.2) is 36.4 Å². The monoisotopic (exact) mass is 377 g/mol. The molecule has 28 heavy (non-hydrogen) atoms. The van der Waals surface area contributed by atoms with Gasteiger partial charge in [0.25, 0.3) is 0 Å². The number of benzene rings is 2. The molecule has 2 heterocycles. The minimum Gasteiger partial charge on any atom is -0.493 e. The zero-order chi connectivity index (χ0) is 19.7. The third-order valence-electron chi connectivity index (χ3n) is 5.52. The lowest BCUT2D eigenvalue weighted by Crippen LogP contribution is -2.07. The Bertz CT molecular complexity index is 1010. The van der Waals surface area contributed by atoms with E-state index in [9.17, 15) is 0 Å². The summed E-state index contributed by atoms with van der Waals surface area (Å²) in [5.41, 5.74) is 6.95. The maximum atomic E-state index is 5.51. The fourth-order valence-electron chi connectivity index (χ4n) is 3.76. The maximum absolute atomic E-state index is 5.51. The molecule has 5 heteroatoms. The third-order valence-corrected chi connectivity index (χ3v) is 5.52. The van der Waals surface area contributed by atoms with Crippen molar-refractivity contribution in [1.82, 2.24) is 9.78 Å². The second kappa shape index (κ2) is 7.58. The van der Waals surface area contributed by atoms with Crippen molar-refractivity contribution in [2.75, 3.05) is 26.1 Å². The van der Waals surface area contributed by atoms with E-state index in [2.05, 4.69) is 48.1 Å². The summed E-state index contributed by atoms with van der Waals surface area (Å²) in [6.45, 7) is 5.24. The molecule has 2 aromatic carbocycles. The van der Waals surface area contributed by atoms with Crippen molar-refractivity contribution in [2.45, 2.75) is 33.1 Å². The molecular weight excluding hydrogens is 350 g/mol. The number of rotatable bonds is 4. The van der Waals surface area contributed by atoms with Crippen LogP contribution >= 0.6 is 0 Å². The lowest BCUT2D eigenvalue weighted by molar-refractivity contribution is 0.355. The first kappa shape index (κ1) is 18.4. The number of nitrogens with zero attached hydrogens (tertiary/aromatic N) is 2. The third kappa shape index (κ3) is 3.21. The van der Waals surface area contributed by atoms with Crippen LogP contribution in [0.3, 0.4) is 0 Å². The van der Waals surface area contributed by atoms with E-state index in [1.54, 1.807) is 14.2 Å². The molecule has 0 radical (unpaired) electrons. The molecular formula is C23H27N3O2. The Hall–Kier alpha value is -2.95. The van der Waals surface area contributed by atoms with Crippen LogP contribution in [0.2, 0.25) is 0 Å². The van der Waals surface area contributed by atoms with Crippen LogP contribution in [-0.4, -0.2) is 30.5 Å². The first-order valence-electron chi connectivity index (χ1n) is 9.78. The van der Waals surface area contributed by atoms with Gasteiger partial charge in [-0.05, 0) is 74.6 Å². The number of aromatic nitrogens is 2. The van der Waals surface area contributed by atoms with Crippen LogP contribution in [0.25, 0.3) is 16.9 Å². The van der Waals surface area contributed by atoms with Crippen molar-refractivity contribution in [1.29, 1.82) is 0 Å². The highest BCUT2D eigenvalue weighted by atomic mass is 16.5. The van der Waals surface area contributed by atoms with E-state index in [0.29, 0.717) is 0 Å². The molecule has 1 aromatic heterocycles. The molecule has 5 nitrogen and oxygen atoms in total. The smallest absolute Gasteiger partial charge is 0.161 e. The number of hydrogen-bond donors (Lipinski definition) is 1. The van der Waals surface area contributed by atoms with Gasteiger partial charge in [-0.25, -0.2) is 4.68 Å². The highest BCUT2D eigenvalue weighted by molar-refractivity contribution is 5.73. The average Bonchev–Trinajstić information content (AvgIpc) is 2.90. The van der Waals surface area contributed by atoms with Crippen LogP contribution < -0.4 is 14.8 Å². The predicted octanol–water partition coefficient (Wildman–Crippen LogP) is 4.92. The largest absolute Gasteiger partial charge is 0.493 e. The standard InChI is InChI=1S/C23H27N3O2/c1-15-8-10-18(13-16(15)2)26-23-19(7-5-6-12-24-23)22(25-26)17-9-11-20(27-3)21(14-17)28-4/h8-11,13-14,24H,5-7,12H2,1-4H3. The van der Waals surface area contributed by atoms with Crippen molar-refractivity contribution in [3.63, 3.8) is 0 Å². The van der Waals surface area contributed by atoms with Crippen LogP contribution in [0.1, 0.15) is 29.5 Å². The van der Waals surface area contributed by atoms with E-state index in [1.807, 2.05) is 12.1 Å². The van der Waals surface area contributed by atoms with E-state index < -0.39 is 0 Å². The summed E-state index contributed by atoms with van der Waals surface area (Å²) < 4.78 is 13.0. The Balaban J connectivity index is 1.89. The molecule has 0 fully saturated rings. The lowest BCUT2D eigenvalue weighted by atomic mass is 10.0. The topological polar surface area (TPSA) is 48.3 Å². The summed E-state index contributed by atoms with van der Waals surface area (Å²) in [6, 6.07) is 12.5. The molecule has 0 aliphatic carbocycles. The normalized spacial score (nSPS) is 13.4. The van der Waals surface area contributed by atoms with Crippen molar-refractivity contribution in [3.05, 3.63) is 53.1 Å². The summed E-state index contributed by atoms with van der Waals surface area (Å²) >= 11 is 0. The molecule has 1 aliphatic rings. The Morgan fingerprint density at radius 3 is 2.50 bits per heavy atom. The van der Waals surface area contributed by atoms with Crippen molar-refractivity contribution in [3.8, 4) is 28.4 Å². The molecule has 0 saturated carbocycles. The Kier molecular flexibility index (Phi) is 4.99. The second-order valence-electron chi connectivity index (χ2n) is 7.31. The highest BCUT2D eigenvalue weighted by Gasteiger charge is 2.22. The summed E-state index contributed by atoms with van der Waals surface area (Å²) in [5.74, 6) is 2.55. The van der Waals surface area contributed by atoms with Gasteiger partial charge in [-0.2, -0.15) is 5.10 Å². The molecule has 0 amide bonds. The Morgan fingerprint density at radius 2 is 1.75 bits per heavy atom. The van der Waals surface area contributed by atoms with Crippen LogP contribution in [0, 0.1) is 13.8 Å². The SMILES string of the molecule is COc1ccc(-c2nn(-c3ccc(C)c(C)c3)c3c2CCCCN3)cc1OC. The number of nitrogens with one attached hydrogen (secondary N) is 1. The van der Waals surface area contributed by atoms with E-state index >= 15 is 0 Å². The zero-order valence-electron chi connectivity index (χ0n) is 17.0. The van der Waals surface area contributed by atoms with Gasteiger partial charge in [0.2, 0.25) is 0 Å². The zero-order valence-corrected chi connectivity index (χ0v) is 17.0. The number of ether oxygens (including phenoxy) is 2. The number of anilines is 1. The van der Waals surface area contributed by atoms with Crippen LogP contribution in [0.5, 0.6) is 11.5 Å². The summed E-state index contributed by atoms with van der Waals surface area (Å²) in [5, 5.41) is 8.65. The molecule has 0 atom stereocenters. The molecule has 146 valence electrons. The Labute approximate surface area is 166 Å². The van der Waals surface area contributed by atoms with Crippen molar-refractivity contribution in [2.24, 2.45) is 0 Å². The second-order valence-corrected chi connectivity index (χ2v) is 7.31. The van der Waals surface area contributed by atoms with Gasteiger partial charge >= 0.3 is 0 Å². The maximum Gasteiger partial charge on any atom is 0.161 e. The Morgan fingerprint density at radius 1 is 0.929 bits per heavy atom. The van der Waals surface area contributed by atoms with Gasteiger partial charge in [-0.15, -0.1) is 0 Å². The van der Waals surface area contributed by atoms with Gasteiger partial charge in [-0.1, -0.05) is 6.07 Å². The first-order chi connectivity index (χ1) is 13.6.